The number of alkyl carbamates (subject to hydrolysis) is 1. The van der Waals surface area contributed by atoms with Gasteiger partial charge in [0, 0.05) is 19.1 Å². The molecule has 0 aliphatic carbocycles. The zero-order chi connectivity index (χ0) is 23.2. The van der Waals surface area contributed by atoms with Crippen LogP contribution in [0.15, 0.2) is 60.7 Å². The molecule has 0 fully saturated rings. The number of carbonyl (C=O) groups is 3. The lowest BCUT2D eigenvalue weighted by atomic mass is 10.1. The Morgan fingerprint density at radius 3 is 2.03 bits per heavy atom. The van der Waals surface area contributed by atoms with E-state index >= 15 is 0 Å². The molecule has 1 unspecified atom stereocenters. The summed E-state index contributed by atoms with van der Waals surface area (Å²) >= 11 is 0. The molecule has 0 radical (unpaired) electrons. The summed E-state index contributed by atoms with van der Waals surface area (Å²) in [6.45, 7) is 2.98. The number of carboxylic acid groups (broad SMARTS) is 1. The molecule has 0 spiro atoms. The third-order valence-electron chi connectivity index (χ3n) is 4.78. The molecule has 172 valence electrons. The third kappa shape index (κ3) is 9.51. The van der Waals surface area contributed by atoms with Gasteiger partial charge in [0.15, 0.2) is 0 Å². The van der Waals surface area contributed by atoms with E-state index in [0.717, 1.165) is 11.1 Å². The highest BCUT2D eigenvalue weighted by Gasteiger charge is 2.19. The highest BCUT2D eigenvalue weighted by Crippen LogP contribution is 2.08. The highest BCUT2D eigenvalue weighted by atomic mass is 16.6. The van der Waals surface area contributed by atoms with E-state index < -0.39 is 24.2 Å². The number of carboxylic acids is 1. The minimum Gasteiger partial charge on any atom is -0.481 e. The topological polar surface area (TPSA) is 105 Å². The Morgan fingerprint density at radius 2 is 1.50 bits per heavy atom. The average molecular weight is 443 g/mol. The SMILES string of the molecule is CCN(CCCC(CC(=O)O)NC(=O)OCc1ccccc1)C(=O)OCc1ccccc1. The van der Waals surface area contributed by atoms with Crippen LogP contribution in [-0.2, 0) is 27.5 Å². The van der Waals surface area contributed by atoms with Gasteiger partial charge in [-0.05, 0) is 30.9 Å². The normalized spacial score (nSPS) is 11.3. The zero-order valence-electron chi connectivity index (χ0n) is 18.2. The van der Waals surface area contributed by atoms with Gasteiger partial charge in [0.05, 0.1) is 6.42 Å². The van der Waals surface area contributed by atoms with E-state index in [1.807, 2.05) is 67.6 Å². The fourth-order valence-corrected chi connectivity index (χ4v) is 3.09. The largest absolute Gasteiger partial charge is 0.481 e. The molecule has 8 nitrogen and oxygen atoms in total. The first-order chi connectivity index (χ1) is 15.5. The predicted molar refractivity (Wildman–Crippen MR) is 119 cm³/mol. The van der Waals surface area contributed by atoms with Crippen molar-refractivity contribution in [3.63, 3.8) is 0 Å². The number of hydrogen-bond donors (Lipinski definition) is 2. The van der Waals surface area contributed by atoms with Crippen molar-refractivity contribution in [2.75, 3.05) is 13.1 Å². The van der Waals surface area contributed by atoms with Gasteiger partial charge in [0.1, 0.15) is 13.2 Å². The van der Waals surface area contributed by atoms with Crippen LogP contribution < -0.4 is 5.32 Å². The quantitative estimate of drug-likeness (QED) is 0.511. The van der Waals surface area contributed by atoms with Crippen molar-refractivity contribution in [3.8, 4) is 0 Å². The van der Waals surface area contributed by atoms with Gasteiger partial charge >= 0.3 is 18.2 Å². The number of ether oxygens (including phenoxy) is 2. The van der Waals surface area contributed by atoms with E-state index in [1.165, 1.54) is 0 Å². The van der Waals surface area contributed by atoms with Gasteiger partial charge in [-0.15, -0.1) is 0 Å². The van der Waals surface area contributed by atoms with E-state index in [-0.39, 0.29) is 19.6 Å². The molecule has 0 aliphatic rings. The van der Waals surface area contributed by atoms with Gasteiger partial charge in [-0.2, -0.15) is 0 Å². The molecule has 0 heterocycles. The van der Waals surface area contributed by atoms with Crippen molar-refractivity contribution in [2.24, 2.45) is 0 Å². The fourth-order valence-electron chi connectivity index (χ4n) is 3.09. The first kappa shape index (κ1) is 24.7. The van der Waals surface area contributed by atoms with Gasteiger partial charge < -0.3 is 24.8 Å². The molecular weight excluding hydrogens is 412 g/mol. The van der Waals surface area contributed by atoms with Crippen LogP contribution in [0, 0.1) is 0 Å². The van der Waals surface area contributed by atoms with Crippen LogP contribution in [0.1, 0.15) is 37.3 Å². The Kier molecular flexibility index (Phi) is 10.6. The Balaban J connectivity index is 1.77. The number of nitrogens with zero attached hydrogens (tertiary/aromatic N) is 1. The van der Waals surface area contributed by atoms with E-state index in [2.05, 4.69) is 5.32 Å². The molecule has 2 aromatic rings. The van der Waals surface area contributed by atoms with Crippen molar-refractivity contribution in [3.05, 3.63) is 71.8 Å². The maximum Gasteiger partial charge on any atom is 0.410 e. The average Bonchev–Trinajstić information content (AvgIpc) is 2.80. The molecule has 2 N–H and O–H groups in total. The second-order valence-corrected chi connectivity index (χ2v) is 7.26. The minimum atomic E-state index is -1.02. The molecule has 0 saturated heterocycles. The summed E-state index contributed by atoms with van der Waals surface area (Å²) in [5.41, 5.74) is 1.74. The zero-order valence-corrected chi connectivity index (χ0v) is 18.2. The number of benzene rings is 2. The molecule has 0 aliphatic heterocycles. The maximum absolute atomic E-state index is 12.3. The van der Waals surface area contributed by atoms with Crippen molar-refractivity contribution in [1.29, 1.82) is 0 Å². The standard InChI is InChI=1S/C24H30N2O6/c1-2-26(24(30)32-18-20-12-7-4-8-13-20)15-9-14-21(16-22(27)28)25-23(29)31-17-19-10-5-3-6-11-19/h3-8,10-13,21H,2,9,14-18H2,1H3,(H,25,29)(H,27,28). The van der Waals surface area contributed by atoms with Gasteiger partial charge in [-0.1, -0.05) is 60.7 Å². The smallest absolute Gasteiger partial charge is 0.410 e. The Bertz CT molecular complexity index is 844. The number of carbonyl (C=O) groups excluding carboxylic acids is 2. The van der Waals surface area contributed by atoms with Gasteiger partial charge in [-0.3, -0.25) is 4.79 Å². The van der Waals surface area contributed by atoms with Crippen molar-refractivity contribution >= 4 is 18.2 Å². The highest BCUT2D eigenvalue weighted by molar-refractivity contribution is 5.71. The Morgan fingerprint density at radius 1 is 0.938 bits per heavy atom. The Hall–Kier alpha value is -3.55. The summed E-state index contributed by atoms with van der Waals surface area (Å²) in [5, 5.41) is 11.8. The summed E-state index contributed by atoms with van der Waals surface area (Å²) in [6.07, 6.45) is -0.443. The summed E-state index contributed by atoms with van der Waals surface area (Å²) in [4.78, 5) is 37.1. The third-order valence-corrected chi connectivity index (χ3v) is 4.78. The number of nitrogens with one attached hydrogen (secondary N) is 1. The number of amides is 2. The molecule has 0 saturated carbocycles. The van der Waals surface area contributed by atoms with Gasteiger partial charge in [0.2, 0.25) is 0 Å². The summed E-state index contributed by atoms with van der Waals surface area (Å²) in [6, 6.07) is 18.0. The minimum absolute atomic E-state index is 0.101. The van der Waals surface area contributed by atoms with Gasteiger partial charge in [0.25, 0.3) is 0 Å². The first-order valence-corrected chi connectivity index (χ1v) is 10.6. The fraction of sp³-hybridized carbons (Fsp3) is 0.375. The summed E-state index contributed by atoms with van der Waals surface area (Å²) in [7, 11) is 0. The lowest BCUT2D eigenvalue weighted by molar-refractivity contribution is -0.137. The number of hydrogen-bond acceptors (Lipinski definition) is 5. The van der Waals surface area contributed by atoms with Crippen LogP contribution in [0.5, 0.6) is 0 Å². The van der Waals surface area contributed by atoms with Crippen LogP contribution in [-0.4, -0.2) is 47.3 Å². The monoisotopic (exact) mass is 442 g/mol. The molecular formula is C24H30N2O6. The first-order valence-electron chi connectivity index (χ1n) is 10.6. The number of rotatable bonds is 12. The van der Waals surface area contributed by atoms with E-state index in [0.29, 0.717) is 25.9 Å². The van der Waals surface area contributed by atoms with Crippen molar-refractivity contribution < 1.29 is 29.0 Å². The van der Waals surface area contributed by atoms with Crippen molar-refractivity contribution in [2.45, 2.75) is 45.4 Å². The number of aliphatic carboxylic acids is 1. The summed E-state index contributed by atoms with van der Waals surface area (Å²) in [5.74, 6) is -1.02. The molecule has 8 heteroatoms. The van der Waals surface area contributed by atoms with Gasteiger partial charge in [-0.25, -0.2) is 9.59 Å². The van der Waals surface area contributed by atoms with E-state index in [9.17, 15) is 14.4 Å². The second kappa shape index (κ2) is 13.7. The molecule has 2 aromatic carbocycles. The lowest BCUT2D eigenvalue weighted by Crippen LogP contribution is -2.38. The molecule has 0 aromatic heterocycles. The molecule has 1 atom stereocenters. The molecule has 2 rings (SSSR count). The van der Waals surface area contributed by atoms with Crippen LogP contribution in [0.3, 0.4) is 0 Å². The Labute approximate surface area is 188 Å². The second-order valence-electron chi connectivity index (χ2n) is 7.26. The van der Waals surface area contributed by atoms with Crippen LogP contribution in [0.2, 0.25) is 0 Å². The van der Waals surface area contributed by atoms with Crippen LogP contribution in [0.4, 0.5) is 9.59 Å². The van der Waals surface area contributed by atoms with E-state index in [1.54, 1.807) is 4.90 Å². The summed E-state index contributed by atoms with van der Waals surface area (Å²) < 4.78 is 10.5. The molecule has 0 bridgehead atoms. The van der Waals surface area contributed by atoms with Crippen molar-refractivity contribution in [1.82, 2.24) is 10.2 Å². The molecule has 32 heavy (non-hydrogen) atoms. The maximum atomic E-state index is 12.3. The van der Waals surface area contributed by atoms with Crippen LogP contribution >= 0.6 is 0 Å². The van der Waals surface area contributed by atoms with Crippen LogP contribution in [0.25, 0.3) is 0 Å². The van der Waals surface area contributed by atoms with E-state index in [4.69, 9.17) is 14.6 Å². The predicted octanol–water partition coefficient (Wildman–Crippen LogP) is 4.20. The lowest BCUT2D eigenvalue weighted by Gasteiger charge is -2.22. The molecule has 2 amide bonds.